The zero-order chi connectivity index (χ0) is 18.3. The lowest BCUT2D eigenvalue weighted by molar-refractivity contribution is -0.396. The summed E-state index contributed by atoms with van der Waals surface area (Å²) < 4.78 is 26.8. The first-order valence-electron chi connectivity index (χ1n) is 8.08. The predicted molar refractivity (Wildman–Crippen MR) is 75.8 cm³/mol. The Morgan fingerprint density at radius 3 is 2.16 bits per heavy atom. The molecule has 146 valence electrons. The van der Waals surface area contributed by atoms with Gasteiger partial charge in [-0.1, -0.05) is 0 Å². The van der Waals surface area contributed by atoms with Crippen LogP contribution in [0.5, 0.6) is 0 Å². The summed E-state index contributed by atoms with van der Waals surface area (Å²) in [7, 11) is 0. The van der Waals surface area contributed by atoms with Crippen LogP contribution in [-0.2, 0) is 23.7 Å². The molecule has 0 radical (unpaired) electrons. The number of fused-ring (bicyclic) bond motifs is 1. The van der Waals surface area contributed by atoms with E-state index < -0.39 is 74.3 Å². The highest BCUT2D eigenvalue weighted by molar-refractivity contribution is 4.94. The van der Waals surface area contributed by atoms with E-state index in [1.807, 2.05) is 0 Å². The Kier molecular flexibility index (Phi) is 5.92. The van der Waals surface area contributed by atoms with Crippen LogP contribution in [0.4, 0.5) is 0 Å². The van der Waals surface area contributed by atoms with Gasteiger partial charge in [-0.25, -0.2) is 0 Å². The highest BCUT2D eigenvalue weighted by Gasteiger charge is 2.51. The average molecular weight is 368 g/mol. The quantitative estimate of drug-likeness (QED) is 0.287. The van der Waals surface area contributed by atoms with Gasteiger partial charge in [-0.15, -0.1) is 0 Å². The molecule has 3 fully saturated rings. The van der Waals surface area contributed by atoms with Crippen molar-refractivity contribution >= 4 is 0 Å². The summed E-state index contributed by atoms with van der Waals surface area (Å²) in [5.41, 5.74) is 0. The molecule has 25 heavy (non-hydrogen) atoms. The third kappa shape index (κ3) is 3.68. The fourth-order valence-corrected chi connectivity index (χ4v) is 3.12. The van der Waals surface area contributed by atoms with Crippen LogP contribution >= 0.6 is 0 Å². The molecule has 0 aromatic heterocycles. The summed E-state index contributed by atoms with van der Waals surface area (Å²) in [5, 5.41) is 59.1. The molecule has 0 bridgehead atoms. The minimum absolute atomic E-state index is 0.101. The molecule has 11 heteroatoms. The lowest BCUT2D eigenvalue weighted by Gasteiger charge is -2.47. The van der Waals surface area contributed by atoms with Crippen molar-refractivity contribution in [1.82, 2.24) is 0 Å². The van der Waals surface area contributed by atoms with Crippen molar-refractivity contribution in [2.24, 2.45) is 0 Å². The second-order valence-electron chi connectivity index (χ2n) is 6.36. The molecule has 0 aliphatic carbocycles. The van der Waals surface area contributed by atoms with Crippen molar-refractivity contribution in [3.63, 3.8) is 0 Å². The minimum Gasteiger partial charge on any atom is -0.394 e. The maximum atomic E-state index is 10.2. The molecule has 3 saturated heterocycles. The van der Waals surface area contributed by atoms with Gasteiger partial charge in [-0.3, -0.25) is 0 Å². The van der Waals surface area contributed by atoms with E-state index in [0.717, 1.165) is 0 Å². The van der Waals surface area contributed by atoms with E-state index in [1.165, 1.54) is 0 Å². The fraction of sp³-hybridized carbons (Fsp3) is 1.00. The Bertz CT molecular complexity index is 446. The van der Waals surface area contributed by atoms with Crippen molar-refractivity contribution in [1.29, 1.82) is 0 Å². The van der Waals surface area contributed by atoms with Crippen LogP contribution in [0.1, 0.15) is 6.92 Å². The third-order valence-electron chi connectivity index (χ3n) is 4.60. The van der Waals surface area contributed by atoms with Gasteiger partial charge in [0.2, 0.25) is 0 Å². The molecule has 6 N–H and O–H groups in total. The monoisotopic (exact) mass is 368 g/mol. The molecular formula is C14H24O11. The Balaban J connectivity index is 1.67. The molecule has 0 saturated carbocycles. The van der Waals surface area contributed by atoms with E-state index in [1.54, 1.807) is 6.92 Å². The molecular weight excluding hydrogens is 344 g/mol. The van der Waals surface area contributed by atoms with Gasteiger partial charge in [0.1, 0.15) is 48.8 Å². The molecule has 3 aliphatic heterocycles. The summed E-state index contributed by atoms with van der Waals surface area (Å²) in [4.78, 5) is 0. The maximum absolute atomic E-state index is 10.2. The molecule has 0 aromatic rings. The standard InChI is InChI=1S/C14H24O11/c1-4-21-3-6-12(22-4)9(18)11(20)14(24-6)25-13-10(19)8(17)7(16)5(2-15)23-13/h4-20H,2-3H2,1H3/t4?,5-,6-,7-,8+,9-,10-,11-,12-,13-,14-/m1/s1. The number of rotatable bonds is 3. The summed E-state index contributed by atoms with van der Waals surface area (Å²) in [6.45, 7) is 1.13. The van der Waals surface area contributed by atoms with Crippen molar-refractivity contribution in [3.8, 4) is 0 Å². The van der Waals surface area contributed by atoms with Crippen LogP contribution in [0.15, 0.2) is 0 Å². The van der Waals surface area contributed by atoms with Gasteiger partial charge >= 0.3 is 0 Å². The first kappa shape index (κ1) is 19.3. The maximum Gasteiger partial charge on any atom is 0.189 e. The van der Waals surface area contributed by atoms with Crippen molar-refractivity contribution in [2.75, 3.05) is 13.2 Å². The second-order valence-corrected chi connectivity index (χ2v) is 6.36. The first-order chi connectivity index (χ1) is 11.8. The van der Waals surface area contributed by atoms with Gasteiger partial charge in [0.25, 0.3) is 0 Å². The van der Waals surface area contributed by atoms with E-state index >= 15 is 0 Å². The van der Waals surface area contributed by atoms with Crippen LogP contribution in [0.2, 0.25) is 0 Å². The normalized spacial score (nSPS) is 54.1. The summed E-state index contributed by atoms with van der Waals surface area (Å²) >= 11 is 0. The van der Waals surface area contributed by atoms with Crippen molar-refractivity contribution in [2.45, 2.75) is 74.6 Å². The van der Waals surface area contributed by atoms with Crippen LogP contribution in [0, 0.1) is 0 Å². The van der Waals surface area contributed by atoms with Gasteiger partial charge in [0, 0.05) is 0 Å². The van der Waals surface area contributed by atoms with Gasteiger partial charge < -0.3 is 54.3 Å². The lowest BCUT2D eigenvalue weighted by atomic mass is 9.97. The van der Waals surface area contributed by atoms with E-state index in [9.17, 15) is 30.6 Å². The fourth-order valence-electron chi connectivity index (χ4n) is 3.12. The van der Waals surface area contributed by atoms with Crippen LogP contribution in [0.3, 0.4) is 0 Å². The molecule has 1 unspecified atom stereocenters. The Hall–Kier alpha value is -0.440. The minimum atomic E-state index is -1.65. The highest BCUT2D eigenvalue weighted by atomic mass is 16.8. The highest BCUT2D eigenvalue weighted by Crippen LogP contribution is 2.31. The van der Waals surface area contributed by atoms with E-state index in [-0.39, 0.29) is 6.61 Å². The smallest absolute Gasteiger partial charge is 0.189 e. The first-order valence-corrected chi connectivity index (χ1v) is 8.08. The zero-order valence-corrected chi connectivity index (χ0v) is 13.5. The summed E-state index contributed by atoms with van der Waals surface area (Å²) in [5.74, 6) is 0. The van der Waals surface area contributed by atoms with E-state index in [4.69, 9.17) is 23.7 Å². The zero-order valence-electron chi connectivity index (χ0n) is 13.5. The molecule has 0 amide bonds. The van der Waals surface area contributed by atoms with Gasteiger partial charge in [-0.2, -0.15) is 0 Å². The van der Waals surface area contributed by atoms with Crippen LogP contribution in [-0.4, -0.2) is 112 Å². The Morgan fingerprint density at radius 1 is 0.840 bits per heavy atom. The van der Waals surface area contributed by atoms with E-state index in [0.29, 0.717) is 0 Å². The lowest BCUT2D eigenvalue weighted by Crippen LogP contribution is -2.65. The summed E-state index contributed by atoms with van der Waals surface area (Å²) in [6, 6.07) is 0. The molecule has 11 nitrogen and oxygen atoms in total. The molecule has 0 aromatic carbocycles. The Morgan fingerprint density at radius 2 is 1.48 bits per heavy atom. The molecule has 3 rings (SSSR count). The van der Waals surface area contributed by atoms with E-state index in [2.05, 4.69) is 0 Å². The molecule has 11 atom stereocenters. The van der Waals surface area contributed by atoms with Gasteiger partial charge in [-0.05, 0) is 6.92 Å². The molecule has 0 spiro atoms. The molecule has 3 heterocycles. The number of aliphatic hydroxyl groups excluding tert-OH is 6. The number of hydrogen-bond donors (Lipinski definition) is 6. The predicted octanol–water partition coefficient (Wildman–Crippen LogP) is -3.99. The topological polar surface area (TPSA) is 168 Å². The van der Waals surface area contributed by atoms with Crippen molar-refractivity contribution in [3.05, 3.63) is 0 Å². The number of ether oxygens (including phenoxy) is 5. The van der Waals surface area contributed by atoms with Gasteiger partial charge in [0.05, 0.1) is 13.2 Å². The second kappa shape index (κ2) is 7.66. The van der Waals surface area contributed by atoms with Crippen molar-refractivity contribution < 1.29 is 54.3 Å². The number of hydrogen-bond acceptors (Lipinski definition) is 11. The third-order valence-corrected chi connectivity index (χ3v) is 4.60. The van der Waals surface area contributed by atoms with Gasteiger partial charge in [0.15, 0.2) is 18.9 Å². The molecule has 3 aliphatic rings. The SMILES string of the molecule is CC1OC[C@H]2O[C@H](O[C@H]3O[C@H](CO)[C@@H](O)[C@H](O)[C@H]3O)[C@H](O)[C@@H](O)[C@@H]2O1. The summed E-state index contributed by atoms with van der Waals surface area (Å²) in [6.07, 6.45) is -13.8. The average Bonchev–Trinajstić information content (AvgIpc) is 2.60. The number of aliphatic hydroxyl groups is 6. The largest absolute Gasteiger partial charge is 0.394 e. The Labute approximate surface area is 143 Å². The van der Waals surface area contributed by atoms with Crippen LogP contribution in [0.25, 0.3) is 0 Å². The van der Waals surface area contributed by atoms with Crippen LogP contribution < -0.4 is 0 Å².